The number of nitrogens with one attached hydrogen (secondary N) is 2. The molecule has 0 aromatic rings. The molecule has 100 valence electrons. The van der Waals surface area contributed by atoms with Crippen LogP contribution in [0.25, 0.3) is 0 Å². The van der Waals surface area contributed by atoms with E-state index in [1.54, 1.807) is 6.92 Å². The predicted molar refractivity (Wildman–Crippen MR) is 69.6 cm³/mol. The van der Waals surface area contributed by atoms with Gasteiger partial charge in [0.1, 0.15) is 6.04 Å². The highest BCUT2D eigenvalue weighted by molar-refractivity contribution is 5.88. The van der Waals surface area contributed by atoms with Gasteiger partial charge in [-0.3, -0.25) is 9.59 Å². The van der Waals surface area contributed by atoms with Crippen LogP contribution >= 0.6 is 0 Å². The summed E-state index contributed by atoms with van der Waals surface area (Å²) >= 11 is 0. The molecule has 0 aromatic heterocycles. The predicted octanol–water partition coefficient (Wildman–Crippen LogP) is 1.84. The summed E-state index contributed by atoms with van der Waals surface area (Å²) in [4.78, 5) is 23.6. The van der Waals surface area contributed by atoms with Gasteiger partial charge >= 0.3 is 0 Å². The molecule has 1 unspecified atom stereocenters. The van der Waals surface area contributed by atoms with E-state index in [9.17, 15) is 9.59 Å². The van der Waals surface area contributed by atoms with Crippen molar-refractivity contribution in [1.29, 1.82) is 0 Å². The molecule has 0 aliphatic heterocycles. The van der Waals surface area contributed by atoms with Crippen molar-refractivity contribution in [2.45, 2.75) is 66.0 Å². The summed E-state index contributed by atoms with van der Waals surface area (Å²) in [5.41, 5.74) is -0.273. The van der Waals surface area contributed by atoms with Crippen LogP contribution in [0.1, 0.15) is 54.4 Å². The Morgan fingerprint density at radius 1 is 1.06 bits per heavy atom. The number of carbonyl (C=O) groups excluding carboxylic acids is 2. The quantitative estimate of drug-likeness (QED) is 0.773. The maximum absolute atomic E-state index is 11.8. The molecule has 0 aliphatic carbocycles. The van der Waals surface area contributed by atoms with E-state index in [0.29, 0.717) is 0 Å². The van der Waals surface area contributed by atoms with E-state index in [4.69, 9.17) is 0 Å². The highest BCUT2D eigenvalue weighted by atomic mass is 16.2. The van der Waals surface area contributed by atoms with Crippen molar-refractivity contribution >= 4 is 11.8 Å². The van der Waals surface area contributed by atoms with Crippen molar-refractivity contribution in [1.82, 2.24) is 10.6 Å². The Balaban J connectivity index is 4.30. The van der Waals surface area contributed by atoms with Crippen LogP contribution in [0, 0.1) is 5.92 Å². The summed E-state index contributed by atoms with van der Waals surface area (Å²) in [6.07, 6.45) is 1.60. The zero-order chi connectivity index (χ0) is 13.6. The first-order valence-electron chi connectivity index (χ1n) is 6.33. The van der Waals surface area contributed by atoms with Crippen LogP contribution in [0.4, 0.5) is 0 Å². The van der Waals surface area contributed by atoms with Crippen LogP contribution in [-0.4, -0.2) is 23.4 Å². The first-order chi connectivity index (χ1) is 7.71. The summed E-state index contributed by atoms with van der Waals surface area (Å²) in [5.74, 6) is -0.178. The fraction of sp³-hybridized carbons (Fsp3) is 0.846. The van der Waals surface area contributed by atoms with Gasteiger partial charge in [-0.2, -0.15) is 0 Å². The Morgan fingerprint density at radius 3 is 1.88 bits per heavy atom. The Kier molecular flexibility index (Phi) is 6.21. The number of amides is 2. The van der Waals surface area contributed by atoms with Gasteiger partial charge in [0.2, 0.25) is 11.8 Å². The maximum Gasteiger partial charge on any atom is 0.242 e. The molecule has 0 bridgehead atoms. The standard InChI is InChI=1S/C13H26N2O2/c1-7-10(8-2)12(17)14-9(3)11(16)15-13(4,5)6/h9-10H,7-8H2,1-6H3,(H,14,17)(H,15,16). The summed E-state index contributed by atoms with van der Waals surface area (Å²) in [7, 11) is 0. The van der Waals surface area contributed by atoms with E-state index in [2.05, 4.69) is 10.6 Å². The number of hydrogen-bond acceptors (Lipinski definition) is 2. The largest absolute Gasteiger partial charge is 0.350 e. The van der Waals surface area contributed by atoms with Crippen LogP contribution in [0.3, 0.4) is 0 Å². The molecule has 2 amide bonds. The van der Waals surface area contributed by atoms with Gasteiger partial charge in [0, 0.05) is 11.5 Å². The fourth-order valence-corrected chi connectivity index (χ4v) is 1.53. The van der Waals surface area contributed by atoms with Gasteiger partial charge in [-0.15, -0.1) is 0 Å². The highest BCUT2D eigenvalue weighted by Crippen LogP contribution is 2.07. The maximum atomic E-state index is 11.8. The molecular formula is C13H26N2O2. The molecule has 4 heteroatoms. The second-order valence-electron chi connectivity index (χ2n) is 5.48. The second kappa shape index (κ2) is 6.62. The molecule has 17 heavy (non-hydrogen) atoms. The zero-order valence-electron chi connectivity index (χ0n) is 11.9. The van der Waals surface area contributed by atoms with Crippen LogP contribution in [-0.2, 0) is 9.59 Å². The first kappa shape index (κ1) is 15.9. The highest BCUT2D eigenvalue weighted by Gasteiger charge is 2.22. The van der Waals surface area contributed by atoms with Crippen LogP contribution in [0.15, 0.2) is 0 Å². The van der Waals surface area contributed by atoms with Crippen molar-refractivity contribution in [3.05, 3.63) is 0 Å². The van der Waals surface area contributed by atoms with Gasteiger partial charge in [-0.1, -0.05) is 13.8 Å². The van der Waals surface area contributed by atoms with Gasteiger partial charge in [-0.25, -0.2) is 0 Å². The molecule has 0 rings (SSSR count). The molecular weight excluding hydrogens is 216 g/mol. The Morgan fingerprint density at radius 2 is 1.53 bits per heavy atom. The second-order valence-corrected chi connectivity index (χ2v) is 5.48. The van der Waals surface area contributed by atoms with Crippen molar-refractivity contribution < 1.29 is 9.59 Å². The van der Waals surface area contributed by atoms with Gasteiger partial charge in [0.25, 0.3) is 0 Å². The Labute approximate surface area is 105 Å². The fourth-order valence-electron chi connectivity index (χ4n) is 1.53. The molecule has 1 atom stereocenters. The van der Waals surface area contributed by atoms with E-state index in [1.165, 1.54) is 0 Å². The number of rotatable bonds is 5. The third-order valence-electron chi connectivity index (χ3n) is 2.61. The van der Waals surface area contributed by atoms with Gasteiger partial charge in [0.15, 0.2) is 0 Å². The Bertz CT molecular complexity index is 265. The van der Waals surface area contributed by atoms with Crippen LogP contribution in [0.2, 0.25) is 0 Å². The molecule has 0 fully saturated rings. The molecule has 0 aromatic carbocycles. The van der Waals surface area contributed by atoms with Crippen LogP contribution < -0.4 is 10.6 Å². The molecule has 2 N–H and O–H groups in total. The molecule has 4 nitrogen and oxygen atoms in total. The van der Waals surface area contributed by atoms with E-state index < -0.39 is 6.04 Å². The summed E-state index contributed by atoms with van der Waals surface area (Å²) in [6.45, 7) is 11.4. The average Bonchev–Trinajstić information content (AvgIpc) is 2.16. The average molecular weight is 242 g/mol. The lowest BCUT2D eigenvalue weighted by Crippen LogP contribution is -2.51. The van der Waals surface area contributed by atoms with E-state index >= 15 is 0 Å². The lowest BCUT2D eigenvalue weighted by atomic mass is 10.0. The Hall–Kier alpha value is -1.06. The van der Waals surface area contributed by atoms with Crippen molar-refractivity contribution in [2.24, 2.45) is 5.92 Å². The molecule has 0 saturated carbocycles. The molecule has 0 radical (unpaired) electrons. The summed E-state index contributed by atoms with van der Waals surface area (Å²) in [6, 6.07) is -0.484. The third-order valence-corrected chi connectivity index (χ3v) is 2.61. The van der Waals surface area contributed by atoms with E-state index in [0.717, 1.165) is 12.8 Å². The van der Waals surface area contributed by atoms with Crippen molar-refractivity contribution in [3.8, 4) is 0 Å². The monoisotopic (exact) mass is 242 g/mol. The molecule has 0 spiro atoms. The van der Waals surface area contributed by atoms with Crippen molar-refractivity contribution in [2.75, 3.05) is 0 Å². The number of carbonyl (C=O) groups is 2. The normalized spacial score (nSPS) is 13.4. The molecule has 0 saturated heterocycles. The lowest BCUT2D eigenvalue weighted by molar-refractivity contribution is -0.131. The minimum absolute atomic E-state index is 0.000105. The third kappa shape index (κ3) is 6.29. The number of hydrogen-bond donors (Lipinski definition) is 2. The smallest absolute Gasteiger partial charge is 0.242 e. The summed E-state index contributed by atoms with van der Waals surface area (Å²) in [5, 5.41) is 5.60. The topological polar surface area (TPSA) is 58.2 Å². The minimum Gasteiger partial charge on any atom is -0.350 e. The van der Waals surface area contributed by atoms with Gasteiger partial charge in [0.05, 0.1) is 0 Å². The minimum atomic E-state index is -0.484. The summed E-state index contributed by atoms with van der Waals surface area (Å²) < 4.78 is 0. The molecule has 0 heterocycles. The van der Waals surface area contributed by atoms with Crippen LogP contribution in [0.5, 0.6) is 0 Å². The molecule has 0 aliphatic rings. The SMILES string of the molecule is CCC(CC)C(=O)NC(C)C(=O)NC(C)(C)C. The zero-order valence-corrected chi connectivity index (χ0v) is 11.9. The van der Waals surface area contributed by atoms with Gasteiger partial charge in [-0.05, 0) is 40.5 Å². The lowest BCUT2D eigenvalue weighted by Gasteiger charge is -2.24. The van der Waals surface area contributed by atoms with Gasteiger partial charge < -0.3 is 10.6 Å². The van der Waals surface area contributed by atoms with E-state index in [1.807, 2.05) is 34.6 Å². The van der Waals surface area contributed by atoms with E-state index in [-0.39, 0.29) is 23.3 Å². The first-order valence-corrected chi connectivity index (χ1v) is 6.33. The van der Waals surface area contributed by atoms with Crippen molar-refractivity contribution in [3.63, 3.8) is 0 Å².